The second-order valence-electron chi connectivity index (χ2n) is 6.43. The van der Waals surface area contributed by atoms with Gasteiger partial charge in [-0.15, -0.1) is 16.8 Å². The zero-order valence-corrected chi connectivity index (χ0v) is 18.2. The van der Waals surface area contributed by atoms with Crippen LogP contribution in [-0.4, -0.2) is 26.4 Å². The Kier molecular flexibility index (Phi) is 7.81. The Labute approximate surface area is 191 Å². The summed E-state index contributed by atoms with van der Waals surface area (Å²) in [7, 11) is 0. The quantitative estimate of drug-likeness (QED) is 0.324. The van der Waals surface area contributed by atoms with Gasteiger partial charge in [0, 0.05) is 6.54 Å². The van der Waals surface area contributed by atoms with Crippen molar-refractivity contribution in [2.24, 2.45) is 0 Å². The SMILES string of the molecule is C=CCn1c(COc2ccccc2)nnc1SCC(=O)Nc1cc(C(F)(F)F)ccc1Cl. The van der Waals surface area contributed by atoms with E-state index in [0.717, 1.165) is 30.0 Å². The third kappa shape index (κ3) is 6.27. The molecule has 0 fully saturated rings. The molecule has 3 aromatic rings. The second-order valence-corrected chi connectivity index (χ2v) is 7.78. The van der Waals surface area contributed by atoms with E-state index in [1.54, 1.807) is 10.6 Å². The number of carbonyl (C=O) groups is 1. The molecule has 0 aliphatic carbocycles. The molecule has 3 rings (SSSR count). The predicted molar refractivity (Wildman–Crippen MR) is 117 cm³/mol. The molecular weight excluding hydrogens is 465 g/mol. The lowest BCUT2D eigenvalue weighted by molar-refractivity contribution is -0.137. The molecule has 0 aliphatic heterocycles. The topological polar surface area (TPSA) is 69.0 Å². The van der Waals surface area contributed by atoms with E-state index in [-0.39, 0.29) is 23.1 Å². The van der Waals surface area contributed by atoms with Gasteiger partial charge in [0.15, 0.2) is 11.0 Å². The van der Waals surface area contributed by atoms with Crippen LogP contribution in [0.25, 0.3) is 0 Å². The van der Waals surface area contributed by atoms with E-state index in [1.807, 2.05) is 30.3 Å². The van der Waals surface area contributed by atoms with Crippen LogP contribution in [0.4, 0.5) is 18.9 Å². The fourth-order valence-corrected chi connectivity index (χ4v) is 3.55. The number of nitrogens with zero attached hydrogens (tertiary/aromatic N) is 3. The summed E-state index contributed by atoms with van der Waals surface area (Å²) in [5, 5.41) is 11.0. The Morgan fingerprint density at radius 1 is 1.22 bits per heavy atom. The largest absolute Gasteiger partial charge is 0.486 e. The van der Waals surface area contributed by atoms with Crippen molar-refractivity contribution >= 4 is 35.0 Å². The minimum atomic E-state index is -4.54. The van der Waals surface area contributed by atoms with Crippen LogP contribution in [0, 0.1) is 0 Å². The molecule has 168 valence electrons. The maximum atomic E-state index is 12.9. The molecule has 1 aromatic heterocycles. The van der Waals surface area contributed by atoms with Crippen molar-refractivity contribution in [3.63, 3.8) is 0 Å². The molecule has 0 unspecified atom stereocenters. The zero-order chi connectivity index (χ0) is 23.1. The highest BCUT2D eigenvalue weighted by Crippen LogP contribution is 2.34. The summed E-state index contributed by atoms with van der Waals surface area (Å²) in [6, 6.07) is 11.9. The summed E-state index contributed by atoms with van der Waals surface area (Å²) in [5.74, 6) is 0.567. The van der Waals surface area contributed by atoms with Crippen LogP contribution in [-0.2, 0) is 24.1 Å². The monoisotopic (exact) mass is 482 g/mol. The van der Waals surface area contributed by atoms with Crippen LogP contribution in [0.15, 0.2) is 66.3 Å². The number of para-hydroxylation sites is 1. The fourth-order valence-electron chi connectivity index (χ4n) is 2.62. The Bertz CT molecular complexity index is 1090. The first-order valence-electron chi connectivity index (χ1n) is 9.28. The average molecular weight is 483 g/mol. The van der Waals surface area contributed by atoms with Gasteiger partial charge in [-0.25, -0.2) is 0 Å². The molecule has 1 N–H and O–H groups in total. The van der Waals surface area contributed by atoms with Crippen LogP contribution in [0.5, 0.6) is 5.75 Å². The summed E-state index contributed by atoms with van der Waals surface area (Å²) in [5.41, 5.74) is -1.02. The molecule has 1 heterocycles. The third-order valence-electron chi connectivity index (χ3n) is 4.12. The van der Waals surface area contributed by atoms with Gasteiger partial charge in [-0.3, -0.25) is 9.36 Å². The summed E-state index contributed by atoms with van der Waals surface area (Å²) in [6.07, 6.45) is -2.89. The average Bonchev–Trinajstić information content (AvgIpc) is 3.14. The van der Waals surface area contributed by atoms with Crippen molar-refractivity contribution in [3.8, 4) is 5.75 Å². The van der Waals surface area contributed by atoms with E-state index in [1.165, 1.54) is 0 Å². The summed E-state index contributed by atoms with van der Waals surface area (Å²) in [6.45, 7) is 4.27. The lowest BCUT2D eigenvalue weighted by atomic mass is 10.2. The van der Waals surface area contributed by atoms with Gasteiger partial charge < -0.3 is 10.1 Å². The number of rotatable bonds is 9. The first-order valence-corrected chi connectivity index (χ1v) is 10.6. The van der Waals surface area contributed by atoms with Crippen LogP contribution >= 0.6 is 23.4 Å². The number of hydrogen-bond acceptors (Lipinski definition) is 5. The van der Waals surface area contributed by atoms with Crippen molar-refractivity contribution in [3.05, 3.63) is 77.6 Å². The number of anilines is 1. The summed E-state index contributed by atoms with van der Waals surface area (Å²) < 4.78 is 46.1. The molecule has 11 heteroatoms. The minimum absolute atomic E-state index is 0.00604. The molecular formula is C21H18ClF3N4O2S. The Balaban J connectivity index is 1.64. The molecule has 2 aromatic carbocycles. The van der Waals surface area contributed by atoms with Crippen molar-refractivity contribution in [2.75, 3.05) is 11.1 Å². The number of ether oxygens (including phenoxy) is 1. The molecule has 0 saturated heterocycles. The van der Waals surface area contributed by atoms with E-state index in [4.69, 9.17) is 16.3 Å². The first kappa shape index (κ1) is 23.7. The van der Waals surface area contributed by atoms with Gasteiger partial charge in [0.05, 0.1) is 22.0 Å². The molecule has 0 bridgehead atoms. The highest BCUT2D eigenvalue weighted by molar-refractivity contribution is 7.99. The highest BCUT2D eigenvalue weighted by Gasteiger charge is 2.31. The van der Waals surface area contributed by atoms with Crippen LogP contribution in [0.1, 0.15) is 11.4 Å². The zero-order valence-electron chi connectivity index (χ0n) is 16.6. The van der Waals surface area contributed by atoms with E-state index in [0.29, 0.717) is 23.3 Å². The van der Waals surface area contributed by atoms with Gasteiger partial charge in [-0.05, 0) is 30.3 Å². The van der Waals surface area contributed by atoms with Crippen molar-refractivity contribution in [2.45, 2.75) is 24.5 Å². The number of aromatic nitrogens is 3. The number of amides is 1. The molecule has 0 radical (unpaired) electrons. The van der Waals surface area contributed by atoms with E-state index < -0.39 is 17.6 Å². The van der Waals surface area contributed by atoms with Gasteiger partial charge in [0.25, 0.3) is 0 Å². The molecule has 0 spiro atoms. The lowest BCUT2D eigenvalue weighted by Crippen LogP contribution is -2.16. The predicted octanol–water partition coefficient (Wildman–Crippen LogP) is 5.45. The first-order chi connectivity index (χ1) is 15.3. The number of nitrogens with one attached hydrogen (secondary N) is 1. The maximum Gasteiger partial charge on any atom is 0.416 e. The molecule has 1 amide bonds. The van der Waals surface area contributed by atoms with Crippen LogP contribution in [0.3, 0.4) is 0 Å². The normalized spacial score (nSPS) is 11.2. The Morgan fingerprint density at radius 3 is 2.66 bits per heavy atom. The van der Waals surface area contributed by atoms with Crippen LogP contribution < -0.4 is 10.1 Å². The van der Waals surface area contributed by atoms with Gasteiger partial charge >= 0.3 is 6.18 Å². The van der Waals surface area contributed by atoms with Gasteiger partial charge in [0.2, 0.25) is 5.91 Å². The number of benzene rings is 2. The number of carbonyl (C=O) groups excluding carboxylic acids is 1. The van der Waals surface area contributed by atoms with Crippen molar-refractivity contribution in [1.29, 1.82) is 0 Å². The third-order valence-corrected chi connectivity index (χ3v) is 5.41. The van der Waals surface area contributed by atoms with E-state index >= 15 is 0 Å². The van der Waals surface area contributed by atoms with Crippen LogP contribution in [0.2, 0.25) is 5.02 Å². The lowest BCUT2D eigenvalue weighted by Gasteiger charge is -2.12. The number of alkyl halides is 3. The number of allylic oxidation sites excluding steroid dienone is 1. The van der Waals surface area contributed by atoms with E-state index in [2.05, 4.69) is 22.1 Å². The molecule has 32 heavy (non-hydrogen) atoms. The number of thioether (sulfide) groups is 1. The van der Waals surface area contributed by atoms with Gasteiger partial charge in [-0.2, -0.15) is 13.2 Å². The van der Waals surface area contributed by atoms with E-state index in [9.17, 15) is 18.0 Å². The second kappa shape index (κ2) is 10.6. The number of halogens is 4. The molecule has 0 atom stereocenters. The Hall–Kier alpha value is -2.98. The summed E-state index contributed by atoms with van der Waals surface area (Å²) >= 11 is 7.00. The Morgan fingerprint density at radius 2 is 1.97 bits per heavy atom. The molecule has 6 nitrogen and oxygen atoms in total. The van der Waals surface area contributed by atoms with Crippen molar-refractivity contribution in [1.82, 2.24) is 14.8 Å². The molecule has 0 aliphatic rings. The highest BCUT2D eigenvalue weighted by atomic mass is 35.5. The van der Waals surface area contributed by atoms with Gasteiger partial charge in [0.1, 0.15) is 12.4 Å². The fraction of sp³-hybridized carbons (Fsp3) is 0.190. The van der Waals surface area contributed by atoms with Gasteiger partial charge in [-0.1, -0.05) is 47.6 Å². The standard InChI is InChI=1S/C21H18ClF3N4O2S/c1-2-10-29-18(12-31-15-6-4-3-5-7-15)27-28-20(29)32-13-19(30)26-17-11-14(21(23,24)25)8-9-16(17)22/h2-9,11H,1,10,12-13H2,(H,26,30). The smallest absolute Gasteiger partial charge is 0.416 e. The molecule has 0 saturated carbocycles. The maximum absolute atomic E-state index is 12.9. The van der Waals surface area contributed by atoms with Crippen molar-refractivity contribution < 1.29 is 22.7 Å². The number of hydrogen-bond donors (Lipinski definition) is 1. The minimum Gasteiger partial charge on any atom is -0.486 e. The summed E-state index contributed by atoms with van der Waals surface area (Å²) in [4.78, 5) is 12.3.